The summed E-state index contributed by atoms with van der Waals surface area (Å²) in [5.41, 5.74) is 2.75. The Balaban J connectivity index is 1.65. The van der Waals surface area contributed by atoms with E-state index in [0.717, 1.165) is 5.92 Å². The van der Waals surface area contributed by atoms with E-state index in [1.807, 2.05) is 23.9 Å². The van der Waals surface area contributed by atoms with E-state index in [1.54, 1.807) is 4.88 Å². The SMILES string of the molecule is c1cc2c(s1)C(CC1CCCCC1)n1cncc1-2. The number of imidazole rings is 1. The summed E-state index contributed by atoms with van der Waals surface area (Å²) in [5, 5.41) is 2.23. The summed E-state index contributed by atoms with van der Waals surface area (Å²) >= 11 is 1.92. The van der Waals surface area contributed by atoms with Gasteiger partial charge in [-0.1, -0.05) is 32.1 Å². The van der Waals surface area contributed by atoms with Crippen molar-refractivity contribution in [3.05, 3.63) is 28.8 Å². The molecule has 0 bridgehead atoms. The van der Waals surface area contributed by atoms with Crippen molar-refractivity contribution in [2.24, 2.45) is 5.92 Å². The van der Waals surface area contributed by atoms with Gasteiger partial charge in [0, 0.05) is 10.4 Å². The van der Waals surface area contributed by atoms with E-state index < -0.39 is 0 Å². The van der Waals surface area contributed by atoms with Crippen LogP contribution in [0, 0.1) is 5.92 Å². The van der Waals surface area contributed by atoms with Gasteiger partial charge in [-0.3, -0.25) is 0 Å². The second kappa shape index (κ2) is 4.23. The molecule has 2 aromatic heterocycles. The number of hydrogen-bond donors (Lipinski definition) is 0. The molecule has 1 unspecified atom stereocenters. The average molecular weight is 258 g/mol. The van der Waals surface area contributed by atoms with Gasteiger partial charge in [-0.2, -0.15) is 0 Å². The molecule has 4 rings (SSSR count). The molecule has 2 nitrogen and oxygen atoms in total. The van der Waals surface area contributed by atoms with Crippen molar-refractivity contribution in [2.75, 3.05) is 0 Å². The van der Waals surface area contributed by atoms with Crippen molar-refractivity contribution in [1.29, 1.82) is 0 Å². The minimum absolute atomic E-state index is 0.570. The zero-order chi connectivity index (χ0) is 11.9. The summed E-state index contributed by atoms with van der Waals surface area (Å²) in [6.07, 6.45) is 12.5. The van der Waals surface area contributed by atoms with Gasteiger partial charge >= 0.3 is 0 Å². The Labute approximate surface area is 112 Å². The summed E-state index contributed by atoms with van der Waals surface area (Å²) in [6.45, 7) is 0. The van der Waals surface area contributed by atoms with Gasteiger partial charge in [0.1, 0.15) is 0 Å². The number of hydrogen-bond acceptors (Lipinski definition) is 2. The minimum atomic E-state index is 0.570. The highest BCUT2D eigenvalue weighted by molar-refractivity contribution is 7.10. The van der Waals surface area contributed by atoms with E-state index in [0.29, 0.717) is 6.04 Å². The third-order valence-corrected chi connectivity index (χ3v) is 5.58. The van der Waals surface area contributed by atoms with Crippen LogP contribution in [0.2, 0.25) is 0 Å². The van der Waals surface area contributed by atoms with Crippen LogP contribution in [0.3, 0.4) is 0 Å². The fraction of sp³-hybridized carbons (Fsp3) is 0.533. The van der Waals surface area contributed by atoms with Crippen LogP contribution < -0.4 is 0 Å². The molecule has 1 fully saturated rings. The van der Waals surface area contributed by atoms with Crippen molar-refractivity contribution in [3.63, 3.8) is 0 Å². The molecule has 2 aromatic rings. The number of rotatable bonds is 2. The Bertz CT molecular complexity index is 508. The van der Waals surface area contributed by atoms with Gasteiger partial charge in [-0.25, -0.2) is 4.98 Å². The van der Waals surface area contributed by atoms with Gasteiger partial charge in [0.15, 0.2) is 0 Å². The van der Waals surface area contributed by atoms with Crippen LogP contribution >= 0.6 is 11.3 Å². The summed E-state index contributed by atoms with van der Waals surface area (Å²) in [5.74, 6) is 0.923. The van der Waals surface area contributed by atoms with Gasteiger partial charge in [-0.15, -0.1) is 11.3 Å². The van der Waals surface area contributed by atoms with Crippen molar-refractivity contribution < 1.29 is 0 Å². The number of aromatic nitrogens is 2. The van der Waals surface area contributed by atoms with Gasteiger partial charge in [0.25, 0.3) is 0 Å². The van der Waals surface area contributed by atoms with Crippen LogP contribution in [0.5, 0.6) is 0 Å². The lowest BCUT2D eigenvalue weighted by atomic mass is 9.84. The third-order valence-electron chi connectivity index (χ3n) is 4.56. The van der Waals surface area contributed by atoms with Crippen LogP contribution in [0.4, 0.5) is 0 Å². The lowest BCUT2D eigenvalue weighted by Gasteiger charge is -2.25. The average Bonchev–Trinajstić information content (AvgIpc) is 3.08. The maximum absolute atomic E-state index is 4.33. The van der Waals surface area contributed by atoms with Gasteiger partial charge < -0.3 is 4.57 Å². The first-order valence-corrected chi connectivity index (χ1v) is 7.91. The second-order valence-corrected chi connectivity index (χ2v) is 6.59. The first-order valence-electron chi connectivity index (χ1n) is 7.03. The van der Waals surface area contributed by atoms with Crippen molar-refractivity contribution in [2.45, 2.75) is 44.6 Å². The predicted octanol–water partition coefficient (Wildman–Crippen LogP) is 4.48. The maximum Gasteiger partial charge on any atom is 0.0957 e. The minimum Gasteiger partial charge on any atom is -0.322 e. The van der Waals surface area contributed by atoms with Crippen LogP contribution in [-0.4, -0.2) is 9.55 Å². The molecule has 94 valence electrons. The lowest BCUT2D eigenvalue weighted by molar-refractivity contribution is 0.309. The summed E-state index contributed by atoms with van der Waals surface area (Å²) in [4.78, 5) is 5.90. The molecule has 1 aliphatic heterocycles. The zero-order valence-corrected chi connectivity index (χ0v) is 11.3. The molecule has 18 heavy (non-hydrogen) atoms. The standard InChI is InChI=1S/C15H18N2S/c1-2-4-11(5-3-1)8-13-15-12(6-7-18-15)14-9-16-10-17(13)14/h6-7,9-11,13H,1-5,8H2. The second-order valence-electron chi connectivity index (χ2n) is 5.64. The highest BCUT2D eigenvalue weighted by atomic mass is 32.1. The van der Waals surface area contributed by atoms with E-state index in [1.165, 1.54) is 49.8 Å². The van der Waals surface area contributed by atoms with Gasteiger partial charge in [0.2, 0.25) is 0 Å². The number of nitrogens with zero attached hydrogens (tertiary/aromatic N) is 2. The first-order chi connectivity index (χ1) is 8.93. The highest BCUT2D eigenvalue weighted by Crippen LogP contribution is 2.46. The molecule has 0 amide bonds. The number of fused-ring (bicyclic) bond motifs is 3. The molecule has 1 saturated carbocycles. The zero-order valence-electron chi connectivity index (χ0n) is 10.5. The first kappa shape index (κ1) is 10.8. The molecular weight excluding hydrogens is 240 g/mol. The van der Waals surface area contributed by atoms with Gasteiger partial charge in [-0.05, 0) is 23.8 Å². The topological polar surface area (TPSA) is 17.8 Å². The molecule has 0 aromatic carbocycles. The van der Waals surface area contributed by atoms with Gasteiger partial charge in [0.05, 0.1) is 24.3 Å². The molecule has 3 heteroatoms. The Morgan fingerprint density at radius 2 is 2.17 bits per heavy atom. The highest BCUT2D eigenvalue weighted by Gasteiger charge is 2.31. The largest absolute Gasteiger partial charge is 0.322 e. The Morgan fingerprint density at radius 1 is 1.28 bits per heavy atom. The van der Waals surface area contributed by atoms with Crippen molar-refractivity contribution in [3.8, 4) is 11.3 Å². The fourth-order valence-electron chi connectivity index (χ4n) is 3.64. The Hall–Kier alpha value is -1.09. The maximum atomic E-state index is 4.33. The predicted molar refractivity (Wildman–Crippen MR) is 74.9 cm³/mol. The molecule has 0 saturated heterocycles. The molecule has 2 aliphatic rings. The van der Waals surface area contributed by atoms with E-state index in [2.05, 4.69) is 21.0 Å². The van der Waals surface area contributed by atoms with E-state index in [9.17, 15) is 0 Å². The normalized spacial score (nSPS) is 23.0. The lowest BCUT2D eigenvalue weighted by Crippen LogP contribution is -2.13. The monoisotopic (exact) mass is 258 g/mol. The number of thiophene rings is 1. The van der Waals surface area contributed by atoms with E-state index >= 15 is 0 Å². The van der Waals surface area contributed by atoms with Crippen molar-refractivity contribution >= 4 is 11.3 Å². The molecule has 3 heterocycles. The fourth-order valence-corrected chi connectivity index (χ4v) is 4.65. The molecule has 0 spiro atoms. The van der Waals surface area contributed by atoms with Crippen LogP contribution in [0.15, 0.2) is 24.0 Å². The molecule has 0 radical (unpaired) electrons. The molecule has 1 atom stereocenters. The van der Waals surface area contributed by atoms with Crippen LogP contribution in [-0.2, 0) is 0 Å². The molecule has 1 aliphatic carbocycles. The van der Waals surface area contributed by atoms with Crippen LogP contribution in [0.25, 0.3) is 11.3 Å². The van der Waals surface area contributed by atoms with E-state index in [4.69, 9.17) is 0 Å². The smallest absolute Gasteiger partial charge is 0.0957 e. The Morgan fingerprint density at radius 3 is 3.06 bits per heavy atom. The quantitative estimate of drug-likeness (QED) is 0.776. The molecular formula is C15H18N2S. The molecule has 0 N–H and O–H groups in total. The van der Waals surface area contributed by atoms with Crippen molar-refractivity contribution in [1.82, 2.24) is 9.55 Å². The summed E-state index contributed by atoms with van der Waals surface area (Å²) < 4.78 is 2.40. The summed E-state index contributed by atoms with van der Waals surface area (Å²) in [6, 6.07) is 2.83. The third kappa shape index (κ3) is 1.57. The Kier molecular flexibility index (Phi) is 2.54. The van der Waals surface area contributed by atoms with Crippen LogP contribution in [0.1, 0.15) is 49.4 Å². The summed E-state index contributed by atoms with van der Waals surface area (Å²) in [7, 11) is 0. The van der Waals surface area contributed by atoms with E-state index in [-0.39, 0.29) is 0 Å².